The molecule has 0 bridgehead atoms. The fourth-order valence-corrected chi connectivity index (χ4v) is 2.35. The molecule has 0 saturated carbocycles. The number of carbonyl (C=O) groups excluding carboxylic acids is 1. The first-order valence-corrected chi connectivity index (χ1v) is 6.82. The standard InChI is InChI=1S/C14H11BrClNO2/c1-9-3-2-4-11(17(9)19)8-14(18)12-7-10(15)5-6-13(12)16/h2-7H,8H2,1H3. The largest absolute Gasteiger partial charge is 0.618 e. The van der Waals surface area contributed by atoms with Crippen LogP contribution in [0.25, 0.3) is 0 Å². The molecule has 0 N–H and O–H groups in total. The Morgan fingerprint density at radius 2 is 2.11 bits per heavy atom. The summed E-state index contributed by atoms with van der Waals surface area (Å²) in [7, 11) is 0. The summed E-state index contributed by atoms with van der Waals surface area (Å²) < 4.78 is 1.54. The summed E-state index contributed by atoms with van der Waals surface area (Å²) in [6.07, 6.45) is 0.0291. The molecule has 1 aromatic carbocycles. The molecule has 1 heterocycles. The summed E-state index contributed by atoms with van der Waals surface area (Å²) in [6, 6.07) is 10.2. The molecule has 2 aromatic rings. The zero-order chi connectivity index (χ0) is 14.0. The molecule has 98 valence electrons. The third-order valence-corrected chi connectivity index (χ3v) is 3.60. The summed E-state index contributed by atoms with van der Waals surface area (Å²) in [5, 5.41) is 12.2. The molecule has 0 saturated heterocycles. The fourth-order valence-electron chi connectivity index (χ4n) is 1.76. The van der Waals surface area contributed by atoms with E-state index < -0.39 is 0 Å². The van der Waals surface area contributed by atoms with Crippen LogP contribution in [-0.2, 0) is 6.42 Å². The van der Waals surface area contributed by atoms with Crippen molar-refractivity contribution in [3.63, 3.8) is 0 Å². The van der Waals surface area contributed by atoms with Gasteiger partial charge in [0.1, 0.15) is 0 Å². The van der Waals surface area contributed by atoms with Gasteiger partial charge in [-0.1, -0.05) is 27.5 Å². The van der Waals surface area contributed by atoms with Crippen LogP contribution in [0.3, 0.4) is 0 Å². The first kappa shape index (κ1) is 14.0. The van der Waals surface area contributed by atoms with Gasteiger partial charge in [0.25, 0.3) is 0 Å². The summed E-state index contributed by atoms with van der Waals surface area (Å²) in [6.45, 7) is 1.70. The molecule has 0 aliphatic rings. The SMILES string of the molecule is Cc1cccc(CC(=O)c2cc(Br)ccc2Cl)[n+]1[O-]. The number of aromatic nitrogens is 1. The van der Waals surface area contributed by atoms with Crippen molar-refractivity contribution in [1.29, 1.82) is 0 Å². The molecular weight excluding hydrogens is 330 g/mol. The molecule has 0 atom stereocenters. The highest BCUT2D eigenvalue weighted by atomic mass is 79.9. The van der Waals surface area contributed by atoms with E-state index in [0.29, 0.717) is 22.0 Å². The second kappa shape index (κ2) is 5.72. The molecule has 0 unspecified atom stereocenters. The fraction of sp³-hybridized carbons (Fsp3) is 0.143. The summed E-state index contributed by atoms with van der Waals surface area (Å²) in [5.41, 5.74) is 1.39. The van der Waals surface area contributed by atoms with Gasteiger partial charge in [-0.2, -0.15) is 4.73 Å². The third-order valence-electron chi connectivity index (χ3n) is 2.78. The molecular formula is C14H11BrClNO2. The van der Waals surface area contributed by atoms with Gasteiger partial charge in [0, 0.05) is 29.1 Å². The number of nitrogens with zero attached hydrogens (tertiary/aromatic N) is 1. The molecule has 0 aliphatic carbocycles. The maximum atomic E-state index is 12.2. The summed E-state index contributed by atoms with van der Waals surface area (Å²) in [5.74, 6) is -0.179. The lowest BCUT2D eigenvalue weighted by molar-refractivity contribution is -0.620. The number of halogens is 2. The van der Waals surface area contributed by atoms with E-state index in [0.717, 1.165) is 9.20 Å². The van der Waals surface area contributed by atoms with Gasteiger partial charge in [-0.3, -0.25) is 4.79 Å². The predicted octanol–water partition coefficient (Wildman–Crippen LogP) is 3.47. The number of rotatable bonds is 3. The Bertz CT molecular complexity index is 643. The number of pyridine rings is 1. The van der Waals surface area contributed by atoms with Crippen LogP contribution < -0.4 is 4.73 Å². The first-order chi connectivity index (χ1) is 8.99. The number of ketones is 1. The first-order valence-electron chi connectivity index (χ1n) is 5.65. The quantitative estimate of drug-likeness (QED) is 0.488. The second-order valence-electron chi connectivity index (χ2n) is 4.18. The van der Waals surface area contributed by atoms with Crippen LogP contribution in [0.5, 0.6) is 0 Å². The highest BCUT2D eigenvalue weighted by molar-refractivity contribution is 9.10. The van der Waals surface area contributed by atoms with Crippen LogP contribution >= 0.6 is 27.5 Å². The Balaban J connectivity index is 2.31. The van der Waals surface area contributed by atoms with Crippen LogP contribution in [0.1, 0.15) is 21.7 Å². The zero-order valence-corrected chi connectivity index (χ0v) is 12.5. The van der Waals surface area contributed by atoms with Gasteiger partial charge in [-0.05, 0) is 24.3 Å². The van der Waals surface area contributed by atoms with Crippen LogP contribution in [0, 0.1) is 12.1 Å². The van der Waals surface area contributed by atoms with Crippen molar-refractivity contribution in [1.82, 2.24) is 0 Å². The maximum absolute atomic E-state index is 12.2. The van der Waals surface area contributed by atoms with E-state index in [1.807, 2.05) is 0 Å². The number of carbonyl (C=O) groups is 1. The van der Waals surface area contributed by atoms with E-state index in [4.69, 9.17) is 11.6 Å². The van der Waals surface area contributed by atoms with Gasteiger partial charge >= 0.3 is 0 Å². The summed E-state index contributed by atoms with van der Waals surface area (Å²) >= 11 is 9.30. The molecule has 0 fully saturated rings. The van der Waals surface area contributed by atoms with E-state index in [1.165, 1.54) is 0 Å². The van der Waals surface area contributed by atoms with Gasteiger partial charge in [-0.15, -0.1) is 0 Å². The van der Waals surface area contributed by atoms with Gasteiger partial charge in [-0.25, -0.2) is 0 Å². The van der Waals surface area contributed by atoms with Crippen molar-refractivity contribution in [2.45, 2.75) is 13.3 Å². The molecule has 0 aliphatic heterocycles. The molecule has 0 amide bonds. The number of benzene rings is 1. The lowest BCUT2D eigenvalue weighted by Crippen LogP contribution is -2.36. The van der Waals surface area contributed by atoms with Crippen molar-refractivity contribution < 1.29 is 9.52 Å². The van der Waals surface area contributed by atoms with Crippen LogP contribution in [-0.4, -0.2) is 5.78 Å². The summed E-state index contributed by atoms with van der Waals surface area (Å²) in [4.78, 5) is 12.2. The molecule has 0 spiro atoms. The Labute approximate surface area is 124 Å². The lowest BCUT2D eigenvalue weighted by Gasteiger charge is -2.07. The third kappa shape index (κ3) is 3.14. The number of hydrogen-bond acceptors (Lipinski definition) is 2. The number of hydrogen-bond donors (Lipinski definition) is 0. The van der Waals surface area contributed by atoms with Crippen molar-refractivity contribution >= 4 is 33.3 Å². The number of aryl methyl sites for hydroxylation is 1. The van der Waals surface area contributed by atoms with Crippen molar-refractivity contribution in [2.75, 3.05) is 0 Å². The average molecular weight is 341 g/mol. The van der Waals surface area contributed by atoms with Gasteiger partial charge in [0.05, 0.1) is 11.4 Å². The van der Waals surface area contributed by atoms with E-state index in [1.54, 1.807) is 43.3 Å². The Morgan fingerprint density at radius 1 is 1.37 bits per heavy atom. The van der Waals surface area contributed by atoms with E-state index in [2.05, 4.69) is 15.9 Å². The normalized spacial score (nSPS) is 10.5. The van der Waals surface area contributed by atoms with Crippen LogP contribution in [0.15, 0.2) is 40.9 Å². The minimum atomic E-state index is -0.179. The van der Waals surface area contributed by atoms with Crippen LogP contribution in [0.2, 0.25) is 5.02 Å². The smallest absolute Gasteiger partial charge is 0.200 e. The van der Waals surface area contributed by atoms with Gasteiger partial charge < -0.3 is 5.21 Å². The van der Waals surface area contributed by atoms with E-state index >= 15 is 0 Å². The van der Waals surface area contributed by atoms with Crippen molar-refractivity contribution in [3.05, 3.63) is 68.1 Å². The highest BCUT2D eigenvalue weighted by Crippen LogP contribution is 2.22. The zero-order valence-electron chi connectivity index (χ0n) is 10.2. The van der Waals surface area contributed by atoms with E-state index in [9.17, 15) is 10.0 Å². The molecule has 1 aromatic heterocycles. The molecule has 3 nitrogen and oxygen atoms in total. The van der Waals surface area contributed by atoms with Crippen molar-refractivity contribution in [3.8, 4) is 0 Å². The molecule has 5 heteroatoms. The molecule has 0 radical (unpaired) electrons. The maximum Gasteiger partial charge on any atom is 0.200 e. The predicted molar refractivity (Wildman–Crippen MR) is 77.3 cm³/mol. The molecule has 19 heavy (non-hydrogen) atoms. The second-order valence-corrected chi connectivity index (χ2v) is 5.50. The minimum Gasteiger partial charge on any atom is -0.618 e. The topological polar surface area (TPSA) is 44.0 Å². The average Bonchev–Trinajstić information content (AvgIpc) is 2.38. The monoisotopic (exact) mass is 339 g/mol. The Kier molecular flexibility index (Phi) is 4.22. The van der Waals surface area contributed by atoms with Gasteiger partial charge in [0.15, 0.2) is 11.5 Å². The molecule has 2 rings (SSSR count). The van der Waals surface area contributed by atoms with Crippen LogP contribution in [0.4, 0.5) is 0 Å². The Morgan fingerprint density at radius 3 is 2.84 bits per heavy atom. The Hall–Kier alpha value is -1.39. The van der Waals surface area contributed by atoms with E-state index in [-0.39, 0.29) is 12.2 Å². The van der Waals surface area contributed by atoms with Crippen molar-refractivity contribution in [2.24, 2.45) is 0 Å². The van der Waals surface area contributed by atoms with Gasteiger partial charge in [0.2, 0.25) is 5.69 Å². The number of Topliss-reactive ketones (excluding diaryl/α,β-unsaturated/α-hetero) is 1. The lowest BCUT2D eigenvalue weighted by atomic mass is 10.1. The highest BCUT2D eigenvalue weighted by Gasteiger charge is 2.17. The minimum absolute atomic E-state index is 0.0291.